The van der Waals surface area contributed by atoms with E-state index < -0.39 is 0 Å². The molecule has 1 aromatic heterocycles. The molecule has 31 heavy (non-hydrogen) atoms. The molecule has 1 saturated heterocycles. The number of hydrogen-bond donors (Lipinski definition) is 1. The monoisotopic (exact) mass is 440 g/mol. The van der Waals surface area contributed by atoms with E-state index in [0.29, 0.717) is 17.8 Å². The van der Waals surface area contributed by atoms with Crippen molar-refractivity contribution in [1.82, 2.24) is 14.7 Å². The van der Waals surface area contributed by atoms with Gasteiger partial charge in [0.05, 0.1) is 37.2 Å². The lowest BCUT2D eigenvalue weighted by molar-refractivity contribution is 0.0443. The van der Waals surface area contributed by atoms with Gasteiger partial charge < -0.3 is 10.5 Å². The minimum absolute atomic E-state index is 0. The van der Waals surface area contributed by atoms with Crippen molar-refractivity contribution < 1.29 is 13.9 Å². The van der Waals surface area contributed by atoms with Crippen molar-refractivity contribution in [1.29, 1.82) is 0 Å². The Morgan fingerprint density at radius 3 is 2.65 bits per heavy atom. The number of rotatable bonds is 4. The van der Waals surface area contributed by atoms with Gasteiger partial charge in [-0.1, -0.05) is 24.0 Å². The number of ether oxygens (including phenoxy) is 1. The van der Waals surface area contributed by atoms with Gasteiger partial charge in [0, 0.05) is 24.2 Å². The first kappa shape index (κ1) is 22.5. The number of nitrogens with zero attached hydrogens (tertiary/aromatic N) is 3. The van der Waals surface area contributed by atoms with Crippen LogP contribution in [0.15, 0.2) is 54.7 Å². The molecule has 1 aliphatic heterocycles. The summed E-state index contributed by atoms with van der Waals surface area (Å²) in [6.45, 7) is 3.89. The molecule has 3 aromatic rings. The molecule has 2 aromatic carbocycles. The lowest BCUT2D eigenvalue weighted by atomic mass is 10.0. The lowest BCUT2D eigenvalue weighted by Crippen LogP contribution is -2.36. The largest absolute Gasteiger partial charge is 0.383 e. The predicted octanol–water partition coefficient (Wildman–Crippen LogP) is 2.93. The van der Waals surface area contributed by atoms with Crippen LogP contribution >= 0.6 is 12.4 Å². The second-order valence-corrected chi connectivity index (χ2v) is 6.93. The van der Waals surface area contributed by atoms with E-state index in [0.717, 1.165) is 31.9 Å². The highest BCUT2D eigenvalue weighted by atomic mass is 35.5. The molecule has 6 nitrogen and oxygen atoms in total. The second-order valence-electron chi connectivity index (χ2n) is 6.93. The van der Waals surface area contributed by atoms with Crippen molar-refractivity contribution in [3.63, 3.8) is 0 Å². The van der Waals surface area contributed by atoms with E-state index in [1.165, 1.54) is 23.0 Å². The van der Waals surface area contributed by atoms with Crippen molar-refractivity contribution in [3.05, 3.63) is 77.2 Å². The molecule has 0 aliphatic carbocycles. The van der Waals surface area contributed by atoms with Crippen molar-refractivity contribution in [3.8, 4) is 17.5 Å². The number of nitrogen functional groups attached to an aromatic ring is 1. The van der Waals surface area contributed by atoms with Crippen molar-refractivity contribution in [2.45, 2.75) is 0 Å². The Kier molecular flexibility index (Phi) is 7.42. The molecule has 0 amide bonds. The molecule has 2 heterocycles. The first-order valence-corrected chi connectivity index (χ1v) is 9.65. The third kappa shape index (κ3) is 5.30. The number of aromatic nitrogens is 2. The Bertz CT molecular complexity index is 1110. The minimum atomic E-state index is -0.354. The summed E-state index contributed by atoms with van der Waals surface area (Å²) in [6.07, 6.45) is 1.43. The number of hydrogen-bond acceptors (Lipinski definition) is 5. The molecule has 0 bridgehead atoms. The van der Waals surface area contributed by atoms with Crippen LogP contribution < -0.4 is 5.73 Å². The van der Waals surface area contributed by atoms with Gasteiger partial charge in [-0.2, -0.15) is 5.10 Å². The zero-order valence-corrected chi connectivity index (χ0v) is 17.6. The molecule has 160 valence electrons. The quantitative estimate of drug-likeness (QED) is 0.499. The Morgan fingerprint density at radius 2 is 1.90 bits per heavy atom. The summed E-state index contributed by atoms with van der Waals surface area (Å²) in [5, 5.41) is 4.19. The maximum atomic E-state index is 13.2. The van der Waals surface area contributed by atoms with Crippen LogP contribution in [0, 0.1) is 17.7 Å². The van der Waals surface area contributed by atoms with Crippen LogP contribution in [0.3, 0.4) is 0 Å². The summed E-state index contributed by atoms with van der Waals surface area (Å²) < 4.78 is 19.9. The highest BCUT2D eigenvalue weighted by Crippen LogP contribution is 2.21. The number of halogens is 2. The molecule has 0 radical (unpaired) electrons. The predicted molar refractivity (Wildman–Crippen MR) is 119 cm³/mol. The number of ketones is 1. The van der Waals surface area contributed by atoms with Crippen LogP contribution in [0.1, 0.15) is 21.5 Å². The zero-order valence-electron chi connectivity index (χ0n) is 16.8. The van der Waals surface area contributed by atoms with Crippen LogP contribution in [0.2, 0.25) is 0 Å². The molecule has 0 unspecified atom stereocenters. The molecular formula is C23H22ClFN4O2. The second kappa shape index (κ2) is 10.2. The SMILES string of the molecule is Cl.Nc1c(C(=O)c2cccc(C#CCN3CCOCC3)c2)cnn1-c1ccc(F)cc1. The number of benzene rings is 2. The van der Waals surface area contributed by atoms with Gasteiger partial charge >= 0.3 is 0 Å². The van der Waals surface area contributed by atoms with Gasteiger partial charge in [-0.15, -0.1) is 12.4 Å². The number of morpholine rings is 1. The summed E-state index contributed by atoms with van der Waals surface area (Å²) >= 11 is 0. The number of carbonyl (C=O) groups is 1. The van der Waals surface area contributed by atoms with Crippen LogP contribution in [-0.4, -0.2) is 53.3 Å². The molecule has 2 N–H and O–H groups in total. The molecular weight excluding hydrogens is 419 g/mol. The summed E-state index contributed by atoms with van der Waals surface area (Å²) in [7, 11) is 0. The molecule has 0 saturated carbocycles. The molecule has 0 spiro atoms. The fraction of sp³-hybridized carbons (Fsp3) is 0.217. The summed E-state index contributed by atoms with van der Waals surface area (Å²) in [6, 6.07) is 12.9. The Morgan fingerprint density at radius 1 is 1.16 bits per heavy atom. The van der Waals surface area contributed by atoms with Crippen LogP contribution in [-0.2, 0) is 4.74 Å². The third-order valence-electron chi connectivity index (χ3n) is 4.89. The van der Waals surface area contributed by atoms with Crippen LogP contribution in [0.4, 0.5) is 10.2 Å². The van der Waals surface area contributed by atoms with E-state index in [4.69, 9.17) is 10.5 Å². The molecule has 1 aliphatic rings. The fourth-order valence-electron chi connectivity index (χ4n) is 3.23. The third-order valence-corrected chi connectivity index (χ3v) is 4.89. The maximum absolute atomic E-state index is 13.2. The highest BCUT2D eigenvalue weighted by Gasteiger charge is 2.18. The van der Waals surface area contributed by atoms with Crippen molar-refractivity contribution in [2.24, 2.45) is 0 Å². The van der Waals surface area contributed by atoms with Crippen molar-refractivity contribution in [2.75, 3.05) is 38.6 Å². The van der Waals surface area contributed by atoms with Gasteiger partial charge in [0.1, 0.15) is 11.6 Å². The standard InChI is InChI=1S/C23H21FN4O2.ClH/c24-19-6-8-20(9-7-19)28-23(25)21(16-26-28)22(29)18-5-1-3-17(15-18)4-2-10-27-11-13-30-14-12-27;/h1,3,5-9,15-16H,10-14,25H2;1H. The first-order chi connectivity index (χ1) is 14.6. The Labute approximate surface area is 186 Å². The number of anilines is 1. The molecule has 0 atom stereocenters. The summed E-state index contributed by atoms with van der Waals surface area (Å²) in [5.41, 5.74) is 8.27. The van der Waals surface area contributed by atoms with Gasteiger partial charge in [-0.3, -0.25) is 9.69 Å². The van der Waals surface area contributed by atoms with E-state index in [9.17, 15) is 9.18 Å². The van der Waals surface area contributed by atoms with Gasteiger partial charge in [-0.05, 0) is 36.4 Å². The zero-order chi connectivity index (χ0) is 20.9. The van der Waals surface area contributed by atoms with Crippen LogP contribution in [0.25, 0.3) is 5.69 Å². The molecule has 8 heteroatoms. The van der Waals surface area contributed by atoms with Gasteiger partial charge in [-0.25, -0.2) is 9.07 Å². The Balaban J connectivity index is 0.00000272. The molecule has 4 rings (SSSR count). The molecule has 1 fully saturated rings. The highest BCUT2D eigenvalue weighted by molar-refractivity contribution is 6.11. The summed E-state index contributed by atoms with van der Waals surface area (Å²) in [4.78, 5) is 15.2. The van der Waals surface area contributed by atoms with Gasteiger partial charge in [0.15, 0.2) is 5.78 Å². The first-order valence-electron chi connectivity index (χ1n) is 9.65. The van der Waals surface area contributed by atoms with E-state index >= 15 is 0 Å². The van der Waals surface area contributed by atoms with Crippen molar-refractivity contribution >= 4 is 24.0 Å². The van der Waals surface area contributed by atoms with E-state index in [2.05, 4.69) is 21.8 Å². The smallest absolute Gasteiger partial charge is 0.198 e. The lowest BCUT2D eigenvalue weighted by Gasteiger charge is -2.24. The summed E-state index contributed by atoms with van der Waals surface area (Å²) in [5.74, 6) is 5.88. The van der Waals surface area contributed by atoms with Gasteiger partial charge in [0.25, 0.3) is 0 Å². The average molecular weight is 441 g/mol. The van der Waals surface area contributed by atoms with Gasteiger partial charge in [0.2, 0.25) is 0 Å². The normalized spacial score (nSPS) is 13.7. The minimum Gasteiger partial charge on any atom is -0.383 e. The maximum Gasteiger partial charge on any atom is 0.198 e. The van der Waals surface area contributed by atoms with E-state index in [1.54, 1.807) is 30.3 Å². The average Bonchev–Trinajstić information content (AvgIpc) is 3.16. The van der Waals surface area contributed by atoms with Crippen LogP contribution in [0.5, 0.6) is 0 Å². The number of carbonyl (C=O) groups excluding carboxylic acids is 1. The Hall–Kier alpha value is -3.18. The van der Waals surface area contributed by atoms with E-state index in [-0.39, 0.29) is 35.4 Å². The number of nitrogens with two attached hydrogens (primary N) is 1. The topological polar surface area (TPSA) is 73.4 Å². The van der Waals surface area contributed by atoms with E-state index in [1.807, 2.05) is 6.07 Å². The fourth-order valence-corrected chi connectivity index (χ4v) is 3.23.